The van der Waals surface area contributed by atoms with Crippen molar-refractivity contribution in [3.05, 3.63) is 170 Å². The van der Waals surface area contributed by atoms with Crippen LogP contribution in [0.4, 0.5) is 0 Å². The van der Waals surface area contributed by atoms with E-state index in [4.69, 9.17) is 28.7 Å². The molecule has 7 heteroatoms. The van der Waals surface area contributed by atoms with Crippen LogP contribution in [0.3, 0.4) is 0 Å². The van der Waals surface area contributed by atoms with E-state index in [1.165, 1.54) is 11.7 Å². The zero-order valence-electron chi connectivity index (χ0n) is 28.3. The number of rotatable bonds is 6. The lowest BCUT2D eigenvalue weighted by Crippen LogP contribution is -2.00. The predicted molar refractivity (Wildman–Crippen MR) is 216 cm³/mol. The molecule has 0 atom stereocenters. The lowest BCUT2D eigenvalue weighted by atomic mass is 9.93. The minimum atomic E-state index is 0.624. The Kier molecular flexibility index (Phi) is 7.55. The molecule has 6 nitrogen and oxygen atoms in total. The maximum Gasteiger partial charge on any atom is 0.164 e. The van der Waals surface area contributed by atoms with Crippen LogP contribution in [0.15, 0.2) is 170 Å². The molecule has 0 bridgehead atoms. The molecule has 0 saturated carbocycles. The molecule has 53 heavy (non-hydrogen) atoms. The number of fused-ring (bicyclic) bond motifs is 5. The van der Waals surface area contributed by atoms with E-state index in [2.05, 4.69) is 97.1 Å². The minimum absolute atomic E-state index is 0.624. The summed E-state index contributed by atoms with van der Waals surface area (Å²) in [5.74, 6) is 1.90. The highest BCUT2D eigenvalue weighted by molar-refractivity contribution is 7.00. The quantitative estimate of drug-likeness (QED) is 0.161. The minimum Gasteiger partial charge on any atom is -0.247 e. The molecule has 10 rings (SSSR count). The fraction of sp³-hybridized carbons (Fsp3) is 0. The maximum absolute atomic E-state index is 5.29. The molecule has 248 valence electrons. The molecule has 0 aliphatic carbocycles. The second-order valence-corrected chi connectivity index (χ2v) is 13.4. The molecule has 3 heterocycles. The van der Waals surface area contributed by atoms with Crippen molar-refractivity contribution in [2.24, 2.45) is 0 Å². The van der Waals surface area contributed by atoms with Gasteiger partial charge in [0.25, 0.3) is 0 Å². The molecular weight excluding hydrogens is 669 g/mol. The third-order valence-electron chi connectivity index (χ3n) is 9.60. The summed E-state index contributed by atoms with van der Waals surface area (Å²) >= 11 is 1.25. The number of pyridine rings is 1. The van der Waals surface area contributed by atoms with Crippen molar-refractivity contribution in [1.82, 2.24) is 28.7 Å². The van der Waals surface area contributed by atoms with Crippen LogP contribution in [0.1, 0.15) is 0 Å². The largest absolute Gasteiger partial charge is 0.247 e. The molecule has 0 radical (unpaired) electrons. The highest BCUT2D eigenvalue weighted by Crippen LogP contribution is 2.42. The Hall–Kier alpha value is -6.96. The van der Waals surface area contributed by atoms with Crippen molar-refractivity contribution in [2.75, 3.05) is 0 Å². The normalized spacial score (nSPS) is 11.4. The van der Waals surface area contributed by atoms with Gasteiger partial charge in [0.15, 0.2) is 17.5 Å². The van der Waals surface area contributed by atoms with Gasteiger partial charge in [-0.1, -0.05) is 152 Å². The van der Waals surface area contributed by atoms with Gasteiger partial charge in [-0.05, 0) is 34.9 Å². The first kappa shape index (κ1) is 30.8. The van der Waals surface area contributed by atoms with Crippen LogP contribution in [0.2, 0.25) is 0 Å². The highest BCUT2D eigenvalue weighted by atomic mass is 32.1. The van der Waals surface area contributed by atoms with Crippen LogP contribution in [-0.2, 0) is 0 Å². The number of hydrogen-bond acceptors (Lipinski definition) is 7. The number of nitrogens with zero attached hydrogens (tertiary/aromatic N) is 6. The molecule has 0 amide bonds. The van der Waals surface area contributed by atoms with Gasteiger partial charge in [0.1, 0.15) is 11.0 Å². The van der Waals surface area contributed by atoms with E-state index in [1.807, 2.05) is 72.8 Å². The second-order valence-electron chi connectivity index (χ2n) is 12.8. The first-order valence-electron chi connectivity index (χ1n) is 17.4. The molecule has 0 aliphatic heterocycles. The van der Waals surface area contributed by atoms with Crippen LogP contribution in [0, 0.1) is 0 Å². The SMILES string of the molecule is c1ccc(-c2nc(-c3ccccc3)nc(-c3ccc(-c4ccc5nc(-c6ccccc6)c6cc(-c7ccccc7)c7nsnc7c6c5c4)cc3)n2)cc1. The van der Waals surface area contributed by atoms with Gasteiger partial charge in [-0.25, -0.2) is 19.9 Å². The van der Waals surface area contributed by atoms with Crippen LogP contribution in [-0.4, -0.2) is 28.7 Å². The summed E-state index contributed by atoms with van der Waals surface area (Å²) in [4.78, 5) is 20.0. The van der Waals surface area contributed by atoms with Gasteiger partial charge in [-0.3, -0.25) is 0 Å². The zero-order chi connectivity index (χ0) is 35.1. The average Bonchev–Trinajstić information content (AvgIpc) is 3.74. The van der Waals surface area contributed by atoms with Gasteiger partial charge in [0, 0.05) is 44.0 Å². The summed E-state index contributed by atoms with van der Waals surface area (Å²) in [6, 6.07) is 58.0. The van der Waals surface area contributed by atoms with E-state index in [0.717, 1.165) is 82.9 Å². The Balaban J connectivity index is 1.12. The molecule has 7 aromatic carbocycles. The van der Waals surface area contributed by atoms with Gasteiger partial charge in [-0.2, -0.15) is 8.75 Å². The Morgan fingerprint density at radius 2 is 0.811 bits per heavy atom. The number of benzene rings is 7. The van der Waals surface area contributed by atoms with Crippen LogP contribution in [0.25, 0.3) is 100 Å². The molecule has 3 aromatic heterocycles. The van der Waals surface area contributed by atoms with Crippen molar-refractivity contribution in [3.8, 4) is 67.7 Å². The molecule has 0 fully saturated rings. The standard InChI is InChI=1S/C46H28N6S/c1-5-13-30(14-6-1)36-28-38-40(43-42(36)51-53-52-43)37-27-35(25-26-39(37)47-41(38)31-15-7-2-8-16-31)29-21-23-34(24-22-29)46-49-44(32-17-9-3-10-18-32)48-45(50-46)33-19-11-4-12-20-33/h1-28H. The Morgan fingerprint density at radius 3 is 1.40 bits per heavy atom. The van der Waals surface area contributed by atoms with Crippen LogP contribution >= 0.6 is 11.7 Å². The van der Waals surface area contributed by atoms with Crippen molar-refractivity contribution in [1.29, 1.82) is 0 Å². The van der Waals surface area contributed by atoms with Crippen molar-refractivity contribution >= 4 is 44.4 Å². The van der Waals surface area contributed by atoms with Gasteiger partial charge < -0.3 is 0 Å². The van der Waals surface area contributed by atoms with E-state index in [9.17, 15) is 0 Å². The smallest absolute Gasteiger partial charge is 0.164 e. The van der Waals surface area contributed by atoms with Crippen molar-refractivity contribution < 1.29 is 0 Å². The topological polar surface area (TPSA) is 77.3 Å². The van der Waals surface area contributed by atoms with Crippen LogP contribution in [0.5, 0.6) is 0 Å². The van der Waals surface area contributed by atoms with Crippen molar-refractivity contribution in [3.63, 3.8) is 0 Å². The predicted octanol–water partition coefficient (Wildman–Crippen LogP) is 11.6. The van der Waals surface area contributed by atoms with Gasteiger partial charge in [-0.15, -0.1) is 0 Å². The van der Waals surface area contributed by atoms with Crippen molar-refractivity contribution in [2.45, 2.75) is 0 Å². The van der Waals surface area contributed by atoms with E-state index in [1.54, 1.807) is 0 Å². The molecule has 0 saturated heterocycles. The Labute approximate surface area is 309 Å². The molecule has 0 unspecified atom stereocenters. The van der Waals surface area contributed by atoms with E-state index in [0.29, 0.717) is 17.5 Å². The molecule has 0 N–H and O–H groups in total. The third-order valence-corrected chi connectivity index (χ3v) is 10.1. The molecular formula is C46H28N6S. The Morgan fingerprint density at radius 1 is 0.340 bits per heavy atom. The summed E-state index contributed by atoms with van der Waals surface area (Å²) in [7, 11) is 0. The van der Waals surface area contributed by atoms with Gasteiger partial charge >= 0.3 is 0 Å². The highest BCUT2D eigenvalue weighted by Gasteiger charge is 2.20. The summed E-state index contributed by atoms with van der Waals surface area (Å²) in [6.45, 7) is 0. The summed E-state index contributed by atoms with van der Waals surface area (Å²) < 4.78 is 9.73. The third kappa shape index (κ3) is 5.60. The number of aromatic nitrogens is 6. The summed E-state index contributed by atoms with van der Waals surface area (Å²) in [5.41, 5.74) is 11.8. The summed E-state index contributed by atoms with van der Waals surface area (Å²) in [6.07, 6.45) is 0. The van der Waals surface area contributed by atoms with E-state index < -0.39 is 0 Å². The first-order chi connectivity index (χ1) is 26.3. The van der Waals surface area contributed by atoms with Crippen LogP contribution < -0.4 is 0 Å². The Bertz CT molecular complexity index is 2860. The molecule has 0 aliphatic rings. The second kappa shape index (κ2) is 13.0. The maximum atomic E-state index is 5.29. The lowest BCUT2D eigenvalue weighted by Gasteiger charge is -2.14. The lowest BCUT2D eigenvalue weighted by molar-refractivity contribution is 1.07. The van der Waals surface area contributed by atoms with E-state index >= 15 is 0 Å². The monoisotopic (exact) mass is 696 g/mol. The fourth-order valence-electron chi connectivity index (χ4n) is 7.00. The fourth-order valence-corrected chi connectivity index (χ4v) is 7.57. The van der Waals surface area contributed by atoms with Gasteiger partial charge in [0.2, 0.25) is 0 Å². The average molecular weight is 697 g/mol. The first-order valence-corrected chi connectivity index (χ1v) is 18.1. The van der Waals surface area contributed by atoms with Gasteiger partial charge in [0.05, 0.1) is 22.9 Å². The van der Waals surface area contributed by atoms with E-state index in [-0.39, 0.29) is 0 Å². The zero-order valence-corrected chi connectivity index (χ0v) is 29.1. The molecule has 0 spiro atoms. The molecule has 10 aromatic rings. The summed E-state index contributed by atoms with van der Waals surface area (Å²) in [5, 5.41) is 3.15. The number of hydrogen-bond donors (Lipinski definition) is 0.